The molecule has 3 aromatic heterocycles. The number of rotatable bonds is 7. The fourth-order valence-corrected chi connectivity index (χ4v) is 4.24. The molecule has 0 spiro atoms. The van der Waals surface area contributed by atoms with Gasteiger partial charge in [-0.05, 0) is 63.4 Å². The second-order valence-corrected chi connectivity index (χ2v) is 8.60. The Morgan fingerprint density at radius 3 is 2.71 bits per heavy atom. The number of ether oxygens (including phenoxy) is 2. The third-order valence-corrected chi connectivity index (χ3v) is 6.01. The second-order valence-electron chi connectivity index (χ2n) is 8.60. The molecule has 1 aliphatic heterocycles. The number of carbonyl (C=O) groups is 1. The van der Waals surface area contributed by atoms with E-state index in [4.69, 9.17) is 18.4 Å². The summed E-state index contributed by atoms with van der Waals surface area (Å²) in [5, 5.41) is 7.62. The van der Waals surface area contributed by atoms with E-state index in [2.05, 4.69) is 15.5 Å². The van der Waals surface area contributed by atoms with Crippen LogP contribution in [0.3, 0.4) is 0 Å². The molecule has 0 bridgehead atoms. The molecule has 8 nitrogen and oxygen atoms in total. The minimum atomic E-state index is -0.225. The maximum atomic E-state index is 13.2. The molecule has 1 N–H and O–H groups in total. The van der Waals surface area contributed by atoms with E-state index in [-0.39, 0.29) is 12.0 Å². The first-order valence-corrected chi connectivity index (χ1v) is 11.4. The van der Waals surface area contributed by atoms with E-state index in [0.29, 0.717) is 41.2 Å². The lowest BCUT2D eigenvalue weighted by molar-refractivity contribution is 0.0679. The van der Waals surface area contributed by atoms with Crippen molar-refractivity contribution in [2.75, 3.05) is 13.2 Å². The normalized spacial score (nSPS) is 15.7. The van der Waals surface area contributed by atoms with Crippen LogP contribution in [0.4, 0.5) is 0 Å². The van der Waals surface area contributed by atoms with E-state index in [1.165, 1.54) is 0 Å². The van der Waals surface area contributed by atoms with Crippen molar-refractivity contribution in [2.45, 2.75) is 46.3 Å². The van der Waals surface area contributed by atoms with E-state index in [1.54, 1.807) is 13.0 Å². The molecule has 1 saturated heterocycles. The first-order chi connectivity index (χ1) is 16.5. The molecule has 1 amide bonds. The summed E-state index contributed by atoms with van der Waals surface area (Å²) >= 11 is 0. The number of benzene rings is 1. The fraction of sp³-hybridized carbons (Fsp3) is 0.346. The number of aromatic nitrogens is 2. The lowest BCUT2D eigenvalue weighted by Crippen LogP contribution is -2.23. The van der Waals surface area contributed by atoms with Crippen molar-refractivity contribution < 1.29 is 23.2 Å². The fourth-order valence-electron chi connectivity index (χ4n) is 4.24. The molecule has 1 atom stereocenters. The zero-order valence-electron chi connectivity index (χ0n) is 19.5. The Kier molecular flexibility index (Phi) is 6.06. The van der Waals surface area contributed by atoms with Crippen molar-refractivity contribution >= 4 is 17.0 Å². The van der Waals surface area contributed by atoms with Gasteiger partial charge in [0.05, 0.1) is 28.4 Å². The molecule has 1 aliphatic rings. The van der Waals surface area contributed by atoms with E-state index in [9.17, 15) is 4.79 Å². The predicted octanol–water partition coefficient (Wildman–Crippen LogP) is 4.90. The Labute approximate surface area is 197 Å². The lowest BCUT2D eigenvalue weighted by Gasteiger charge is -2.12. The molecule has 1 fully saturated rings. The molecule has 5 rings (SSSR count). The number of amides is 1. The van der Waals surface area contributed by atoms with Gasteiger partial charge in [-0.25, -0.2) is 4.98 Å². The van der Waals surface area contributed by atoms with Crippen LogP contribution in [0.15, 0.2) is 45.3 Å². The molecule has 0 aliphatic carbocycles. The highest BCUT2D eigenvalue weighted by Crippen LogP contribution is 2.30. The van der Waals surface area contributed by atoms with Crippen LogP contribution in [0.2, 0.25) is 0 Å². The van der Waals surface area contributed by atoms with Crippen LogP contribution in [-0.2, 0) is 11.3 Å². The Morgan fingerprint density at radius 1 is 1.18 bits per heavy atom. The molecule has 4 aromatic rings. The van der Waals surface area contributed by atoms with Gasteiger partial charge >= 0.3 is 0 Å². The molecule has 0 radical (unpaired) electrons. The number of nitrogens with one attached hydrogen (secondary N) is 1. The summed E-state index contributed by atoms with van der Waals surface area (Å²) in [6, 6.07) is 11.4. The highest BCUT2D eigenvalue weighted by Gasteiger charge is 2.21. The summed E-state index contributed by atoms with van der Waals surface area (Å²) in [6.45, 7) is 7.29. The topological polar surface area (TPSA) is 99.6 Å². The smallest absolute Gasteiger partial charge is 0.259 e. The number of nitrogens with zero attached hydrogens (tertiary/aromatic N) is 2. The summed E-state index contributed by atoms with van der Waals surface area (Å²) in [7, 11) is 0. The van der Waals surface area contributed by atoms with Gasteiger partial charge in [-0.1, -0.05) is 17.3 Å². The summed E-state index contributed by atoms with van der Waals surface area (Å²) in [6.07, 6.45) is 2.31. The highest BCUT2D eigenvalue weighted by molar-refractivity contribution is 6.07. The number of hydrogen-bond acceptors (Lipinski definition) is 7. The van der Waals surface area contributed by atoms with Crippen molar-refractivity contribution in [3.05, 3.63) is 64.7 Å². The van der Waals surface area contributed by atoms with E-state index < -0.39 is 0 Å². The zero-order valence-corrected chi connectivity index (χ0v) is 19.5. The predicted molar refractivity (Wildman–Crippen MR) is 126 cm³/mol. The minimum Gasteiger partial charge on any atom is -0.491 e. The van der Waals surface area contributed by atoms with E-state index in [1.807, 2.05) is 44.2 Å². The summed E-state index contributed by atoms with van der Waals surface area (Å²) in [5.41, 5.74) is 3.80. The summed E-state index contributed by atoms with van der Waals surface area (Å²) in [5.74, 6) is 2.07. The van der Waals surface area contributed by atoms with Crippen LogP contribution in [0.5, 0.6) is 5.75 Å². The average Bonchev–Trinajstić information content (AvgIpc) is 3.57. The number of pyridine rings is 1. The van der Waals surface area contributed by atoms with Crippen LogP contribution in [0.25, 0.3) is 22.4 Å². The van der Waals surface area contributed by atoms with Crippen LogP contribution in [0.1, 0.15) is 46.0 Å². The summed E-state index contributed by atoms with van der Waals surface area (Å²) < 4.78 is 22.4. The molecule has 1 aromatic carbocycles. The van der Waals surface area contributed by atoms with Gasteiger partial charge in [-0.2, -0.15) is 0 Å². The van der Waals surface area contributed by atoms with Gasteiger partial charge in [0.2, 0.25) is 0 Å². The minimum absolute atomic E-state index is 0.177. The third-order valence-electron chi connectivity index (χ3n) is 6.01. The molecule has 176 valence electrons. The van der Waals surface area contributed by atoms with Crippen LogP contribution in [-0.4, -0.2) is 35.4 Å². The van der Waals surface area contributed by atoms with Gasteiger partial charge in [0.1, 0.15) is 23.9 Å². The maximum Gasteiger partial charge on any atom is 0.259 e. The largest absolute Gasteiger partial charge is 0.491 e. The van der Waals surface area contributed by atoms with Gasteiger partial charge < -0.3 is 23.7 Å². The van der Waals surface area contributed by atoms with E-state index in [0.717, 1.165) is 47.8 Å². The molecule has 0 saturated carbocycles. The molecular weight excluding hydrogens is 434 g/mol. The number of carbonyl (C=O) groups excluding carboxylic acids is 1. The average molecular weight is 462 g/mol. The SMILES string of the molecule is Cc1cc(-c2cc(C(=O)NCc3ccc(OCC4CCCO4)cc3)c3c(C)noc3n2)c(C)o1. The molecule has 1 unspecified atom stereocenters. The standard InChI is InChI=1S/C26H27N3O5/c1-15-11-21(17(3)33-15)23-12-22(24-16(2)29-34-26(24)28-23)25(30)27-13-18-6-8-19(9-7-18)32-14-20-5-4-10-31-20/h6-9,11-12,20H,4-5,10,13-14H2,1-3H3,(H,27,30). The Hall–Kier alpha value is -3.65. The quantitative estimate of drug-likeness (QED) is 0.418. The van der Waals surface area contributed by atoms with E-state index >= 15 is 0 Å². The van der Waals surface area contributed by atoms with Crippen molar-refractivity contribution in [3.8, 4) is 17.0 Å². The van der Waals surface area contributed by atoms with Gasteiger partial charge in [-0.3, -0.25) is 4.79 Å². The number of hydrogen-bond donors (Lipinski definition) is 1. The zero-order chi connectivity index (χ0) is 23.7. The number of fused-ring (bicyclic) bond motifs is 1. The highest BCUT2D eigenvalue weighted by atomic mass is 16.5. The van der Waals surface area contributed by atoms with Crippen molar-refractivity contribution in [3.63, 3.8) is 0 Å². The monoisotopic (exact) mass is 461 g/mol. The molecule has 34 heavy (non-hydrogen) atoms. The third kappa shape index (κ3) is 4.54. The van der Waals surface area contributed by atoms with Crippen molar-refractivity contribution in [2.24, 2.45) is 0 Å². The number of aryl methyl sites for hydroxylation is 3. The van der Waals surface area contributed by atoms with Gasteiger partial charge in [-0.15, -0.1) is 0 Å². The maximum absolute atomic E-state index is 13.2. The van der Waals surface area contributed by atoms with Crippen molar-refractivity contribution in [1.82, 2.24) is 15.5 Å². The first-order valence-electron chi connectivity index (χ1n) is 11.4. The number of furan rings is 1. The Morgan fingerprint density at radius 2 is 2.00 bits per heavy atom. The second kappa shape index (κ2) is 9.30. The molecular formula is C26H27N3O5. The summed E-state index contributed by atoms with van der Waals surface area (Å²) in [4.78, 5) is 17.8. The Balaban J connectivity index is 1.31. The van der Waals surface area contributed by atoms with Crippen molar-refractivity contribution in [1.29, 1.82) is 0 Å². The van der Waals surface area contributed by atoms with Gasteiger partial charge in [0, 0.05) is 18.7 Å². The lowest BCUT2D eigenvalue weighted by atomic mass is 10.1. The first kappa shape index (κ1) is 22.2. The molecule has 4 heterocycles. The van der Waals surface area contributed by atoms with Gasteiger partial charge in [0.15, 0.2) is 0 Å². The molecule has 8 heteroatoms. The van der Waals surface area contributed by atoms with Crippen LogP contribution in [0, 0.1) is 20.8 Å². The van der Waals surface area contributed by atoms with Crippen LogP contribution >= 0.6 is 0 Å². The van der Waals surface area contributed by atoms with Gasteiger partial charge in [0.25, 0.3) is 11.6 Å². The van der Waals surface area contributed by atoms with Crippen LogP contribution < -0.4 is 10.1 Å². The Bertz CT molecular complexity index is 1320.